The first-order valence-corrected chi connectivity index (χ1v) is 8.12. The van der Waals surface area contributed by atoms with Crippen LogP contribution >= 0.6 is 11.6 Å². The Morgan fingerprint density at radius 3 is 2.74 bits per heavy atom. The second-order valence-electron chi connectivity index (χ2n) is 5.32. The molecule has 0 fully saturated rings. The Kier molecular flexibility index (Phi) is 4.99. The van der Waals surface area contributed by atoms with E-state index in [1.165, 1.54) is 5.56 Å². The summed E-state index contributed by atoms with van der Waals surface area (Å²) in [6.45, 7) is 2.68. The molecule has 3 nitrogen and oxygen atoms in total. The Hall–Kier alpha value is -2.26. The largest absolute Gasteiger partial charge is 0.494 e. The van der Waals surface area contributed by atoms with Crippen LogP contribution in [0, 0.1) is 6.92 Å². The number of aryl methyl sites for hydroxylation is 1. The second-order valence-corrected chi connectivity index (χ2v) is 5.69. The standard InChI is InChI=1S/C19H18ClNO2/c1-14-3-9-18-17(13-14)21-19(23-18)10-6-15-4-7-16(8-5-15)22-12-2-11-20/h3-10,13H,2,11-12H2,1H3/b10-6+. The van der Waals surface area contributed by atoms with Gasteiger partial charge >= 0.3 is 0 Å². The summed E-state index contributed by atoms with van der Waals surface area (Å²) in [5, 5.41) is 0. The molecule has 0 atom stereocenters. The third kappa shape index (κ3) is 4.14. The van der Waals surface area contributed by atoms with Gasteiger partial charge in [0.05, 0.1) is 6.61 Å². The van der Waals surface area contributed by atoms with Gasteiger partial charge in [-0.05, 0) is 54.8 Å². The molecule has 0 bridgehead atoms. The maximum atomic E-state index is 5.70. The van der Waals surface area contributed by atoms with E-state index in [0.29, 0.717) is 18.4 Å². The van der Waals surface area contributed by atoms with Gasteiger partial charge in [-0.1, -0.05) is 18.2 Å². The average molecular weight is 328 g/mol. The van der Waals surface area contributed by atoms with Crippen molar-refractivity contribution in [3.8, 4) is 5.75 Å². The molecule has 0 aliphatic heterocycles. The molecule has 0 unspecified atom stereocenters. The highest BCUT2D eigenvalue weighted by Gasteiger charge is 2.02. The molecular formula is C19H18ClNO2. The number of fused-ring (bicyclic) bond motifs is 1. The number of oxazole rings is 1. The van der Waals surface area contributed by atoms with Crippen molar-refractivity contribution >= 4 is 34.9 Å². The van der Waals surface area contributed by atoms with Crippen molar-refractivity contribution in [2.45, 2.75) is 13.3 Å². The normalized spacial score (nSPS) is 11.4. The van der Waals surface area contributed by atoms with E-state index in [9.17, 15) is 0 Å². The number of rotatable bonds is 6. The molecule has 2 aromatic carbocycles. The van der Waals surface area contributed by atoms with E-state index in [0.717, 1.165) is 28.8 Å². The number of benzene rings is 2. The van der Waals surface area contributed by atoms with Crippen molar-refractivity contribution < 1.29 is 9.15 Å². The Morgan fingerprint density at radius 1 is 1.13 bits per heavy atom. The van der Waals surface area contributed by atoms with Crippen LogP contribution in [0.5, 0.6) is 5.75 Å². The fourth-order valence-corrected chi connectivity index (χ4v) is 2.32. The first kappa shape index (κ1) is 15.6. The first-order chi connectivity index (χ1) is 11.2. The van der Waals surface area contributed by atoms with E-state index in [-0.39, 0.29) is 0 Å². The molecular weight excluding hydrogens is 310 g/mol. The SMILES string of the molecule is Cc1ccc2oc(/C=C/c3ccc(OCCCCl)cc3)nc2c1. The van der Waals surface area contributed by atoms with Gasteiger partial charge < -0.3 is 9.15 Å². The van der Waals surface area contributed by atoms with E-state index in [1.807, 2.05) is 61.5 Å². The Balaban J connectivity index is 1.68. The molecule has 0 aliphatic rings. The van der Waals surface area contributed by atoms with Crippen LogP contribution in [0.25, 0.3) is 23.3 Å². The summed E-state index contributed by atoms with van der Waals surface area (Å²) in [6.07, 6.45) is 4.69. The van der Waals surface area contributed by atoms with Crippen LogP contribution in [0.3, 0.4) is 0 Å². The second kappa shape index (κ2) is 7.34. The first-order valence-electron chi connectivity index (χ1n) is 7.59. The van der Waals surface area contributed by atoms with Crippen LogP contribution < -0.4 is 4.74 Å². The number of alkyl halides is 1. The molecule has 0 N–H and O–H groups in total. The monoisotopic (exact) mass is 327 g/mol. The summed E-state index contributed by atoms with van der Waals surface area (Å²) in [6, 6.07) is 13.9. The van der Waals surface area contributed by atoms with Crippen LogP contribution in [0.2, 0.25) is 0 Å². The predicted octanol–water partition coefficient (Wildman–Crippen LogP) is 5.31. The van der Waals surface area contributed by atoms with Gasteiger partial charge in [0.25, 0.3) is 0 Å². The van der Waals surface area contributed by atoms with Crippen molar-refractivity contribution in [3.05, 3.63) is 59.5 Å². The topological polar surface area (TPSA) is 35.3 Å². The lowest BCUT2D eigenvalue weighted by Crippen LogP contribution is -1.97. The lowest BCUT2D eigenvalue weighted by atomic mass is 10.2. The third-order valence-electron chi connectivity index (χ3n) is 3.40. The zero-order chi connectivity index (χ0) is 16.1. The highest BCUT2D eigenvalue weighted by molar-refractivity contribution is 6.17. The summed E-state index contributed by atoms with van der Waals surface area (Å²) >= 11 is 5.63. The minimum Gasteiger partial charge on any atom is -0.494 e. The summed E-state index contributed by atoms with van der Waals surface area (Å²) in [5.41, 5.74) is 3.92. The fraction of sp³-hybridized carbons (Fsp3) is 0.211. The molecule has 4 heteroatoms. The summed E-state index contributed by atoms with van der Waals surface area (Å²) in [7, 11) is 0. The lowest BCUT2D eigenvalue weighted by molar-refractivity contribution is 0.318. The van der Waals surface area contributed by atoms with Gasteiger partial charge in [0.2, 0.25) is 5.89 Å². The van der Waals surface area contributed by atoms with E-state index in [2.05, 4.69) is 4.98 Å². The molecule has 3 aromatic rings. The predicted molar refractivity (Wildman–Crippen MR) is 94.9 cm³/mol. The van der Waals surface area contributed by atoms with Gasteiger partial charge in [-0.2, -0.15) is 0 Å². The van der Waals surface area contributed by atoms with Crippen molar-refractivity contribution in [1.82, 2.24) is 4.98 Å². The molecule has 1 heterocycles. The molecule has 118 valence electrons. The number of hydrogen-bond donors (Lipinski definition) is 0. The maximum Gasteiger partial charge on any atom is 0.220 e. The van der Waals surface area contributed by atoms with Gasteiger partial charge in [0, 0.05) is 12.0 Å². The molecule has 23 heavy (non-hydrogen) atoms. The Morgan fingerprint density at radius 2 is 1.96 bits per heavy atom. The molecule has 0 saturated carbocycles. The Labute approximate surface area is 140 Å². The summed E-state index contributed by atoms with van der Waals surface area (Å²) in [5.74, 6) is 2.07. The van der Waals surface area contributed by atoms with Crippen molar-refractivity contribution in [2.75, 3.05) is 12.5 Å². The van der Waals surface area contributed by atoms with Gasteiger partial charge in [-0.15, -0.1) is 11.6 Å². The molecule has 3 rings (SSSR count). The van der Waals surface area contributed by atoms with Crippen LogP contribution in [0.15, 0.2) is 46.9 Å². The maximum absolute atomic E-state index is 5.70. The van der Waals surface area contributed by atoms with Gasteiger partial charge in [0.15, 0.2) is 5.58 Å². The quantitative estimate of drug-likeness (QED) is 0.454. The zero-order valence-corrected chi connectivity index (χ0v) is 13.7. The minimum absolute atomic E-state index is 0.605. The number of hydrogen-bond acceptors (Lipinski definition) is 3. The molecule has 0 amide bonds. The van der Waals surface area contributed by atoms with Crippen molar-refractivity contribution in [2.24, 2.45) is 0 Å². The van der Waals surface area contributed by atoms with E-state index < -0.39 is 0 Å². The fourth-order valence-electron chi connectivity index (χ4n) is 2.21. The number of nitrogens with zero attached hydrogens (tertiary/aromatic N) is 1. The van der Waals surface area contributed by atoms with Crippen LogP contribution in [0.1, 0.15) is 23.4 Å². The smallest absolute Gasteiger partial charge is 0.220 e. The Bertz CT molecular complexity index is 806. The van der Waals surface area contributed by atoms with Crippen molar-refractivity contribution in [1.29, 1.82) is 0 Å². The summed E-state index contributed by atoms with van der Waals surface area (Å²) < 4.78 is 11.3. The number of aromatic nitrogens is 1. The minimum atomic E-state index is 0.605. The van der Waals surface area contributed by atoms with Crippen LogP contribution in [-0.2, 0) is 0 Å². The zero-order valence-electron chi connectivity index (χ0n) is 13.0. The average Bonchev–Trinajstić information content (AvgIpc) is 2.96. The lowest BCUT2D eigenvalue weighted by Gasteiger charge is -2.04. The van der Waals surface area contributed by atoms with Gasteiger partial charge in [-0.3, -0.25) is 0 Å². The van der Waals surface area contributed by atoms with Gasteiger partial charge in [-0.25, -0.2) is 4.98 Å². The summed E-state index contributed by atoms with van der Waals surface area (Å²) in [4.78, 5) is 4.47. The molecule has 0 saturated heterocycles. The van der Waals surface area contributed by atoms with E-state index in [1.54, 1.807) is 0 Å². The number of ether oxygens (including phenoxy) is 1. The van der Waals surface area contributed by atoms with Crippen LogP contribution in [-0.4, -0.2) is 17.5 Å². The number of halogens is 1. The van der Waals surface area contributed by atoms with E-state index >= 15 is 0 Å². The van der Waals surface area contributed by atoms with Gasteiger partial charge in [0.1, 0.15) is 11.3 Å². The molecule has 0 spiro atoms. The highest BCUT2D eigenvalue weighted by atomic mass is 35.5. The highest BCUT2D eigenvalue weighted by Crippen LogP contribution is 2.19. The van der Waals surface area contributed by atoms with E-state index in [4.69, 9.17) is 20.8 Å². The third-order valence-corrected chi connectivity index (χ3v) is 3.67. The molecule has 0 aliphatic carbocycles. The van der Waals surface area contributed by atoms with Crippen LogP contribution in [0.4, 0.5) is 0 Å². The van der Waals surface area contributed by atoms with Crippen molar-refractivity contribution in [3.63, 3.8) is 0 Å². The molecule has 1 aromatic heterocycles. The molecule has 0 radical (unpaired) electrons.